The number of ether oxygens (including phenoxy) is 3. The zero-order valence-corrected chi connectivity index (χ0v) is 18.1. The first kappa shape index (κ1) is 21.9. The van der Waals surface area contributed by atoms with E-state index in [0.29, 0.717) is 22.7 Å². The fourth-order valence-corrected chi connectivity index (χ4v) is 3.27. The van der Waals surface area contributed by atoms with Gasteiger partial charge in [0, 0.05) is 12.4 Å². The van der Waals surface area contributed by atoms with Gasteiger partial charge in [-0.2, -0.15) is 5.10 Å². The number of nitrogens with one attached hydrogen (secondary N) is 2. The Morgan fingerprint density at radius 3 is 2.55 bits per heavy atom. The lowest BCUT2D eigenvalue weighted by molar-refractivity contribution is -0.141. The summed E-state index contributed by atoms with van der Waals surface area (Å²) in [4.78, 5) is 29.0. The van der Waals surface area contributed by atoms with Gasteiger partial charge in [0.15, 0.2) is 17.1 Å². The molecule has 2 amide bonds. The van der Waals surface area contributed by atoms with Gasteiger partial charge >= 0.3 is 12.0 Å². The second kappa shape index (κ2) is 9.33. The molecule has 164 valence electrons. The summed E-state index contributed by atoms with van der Waals surface area (Å²) in [5.41, 5.74) is 2.69. The maximum atomic E-state index is 12.7. The van der Waals surface area contributed by atoms with Gasteiger partial charge in [-0.05, 0) is 30.7 Å². The molecule has 0 spiro atoms. The van der Waals surface area contributed by atoms with E-state index in [1.165, 1.54) is 21.3 Å². The molecule has 3 rings (SSSR count). The van der Waals surface area contributed by atoms with Gasteiger partial charge in [-0.3, -0.25) is 9.48 Å². The average Bonchev–Trinajstić information content (AvgIpc) is 3.05. The standard InChI is InChI=1S/C21H25N5O5/c1-12-15-9-14(11-22-20(15)26(2)25-12)23-21(28)24-16(10-19(27)31-5)13-6-7-17(29-3)18(8-13)30-4/h6-9,11,16H,10H2,1-5H3,(H2,23,24,28)/t16-/m1/s1. The highest BCUT2D eigenvalue weighted by molar-refractivity contribution is 5.92. The summed E-state index contributed by atoms with van der Waals surface area (Å²) < 4.78 is 17.0. The van der Waals surface area contributed by atoms with Crippen molar-refractivity contribution < 1.29 is 23.8 Å². The van der Waals surface area contributed by atoms with Crippen LogP contribution in [0.3, 0.4) is 0 Å². The van der Waals surface area contributed by atoms with Gasteiger partial charge in [-0.25, -0.2) is 9.78 Å². The fourth-order valence-electron chi connectivity index (χ4n) is 3.27. The number of anilines is 1. The predicted molar refractivity (Wildman–Crippen MR) is 114 cm³/mol. The van der Waals surface area contributed by atoms with E-state index < -0.39 is 18.0 Å². The number of urea groups is 1. The first-order chi connectivity index (χ1) is 14.9. The van der Waals surface area contributed by atoms with E-state index >= 15 is 0 Å². The minimum atomic E-state index is -0.649. The van der Waals surface area contributed by atoms with E-state index in [9.17, 15) is 9.59 Å². The third kappa shape index (κ3) is 4.85. The quantitative estimate of drug-likeness (QED) is 0.557. The first-order valence-corrected chi connectivity index (χ1v) is 9.51. The number of carbonyl (C=O) groups is 2. The zero-order chi connectivity index (χ0) is 22.5. The molecule has 0 aliphatic rings. The van der Waals surface area contributed by atoms with Gasteiger partial charge in [0.05, 0.1) is 51.4 Å². The van der Waals surface area contributed by atoms with Crippen LogP contribution in [0.5, 0.6) is 11.5 Å². The van der Waals surface area contributed by atoms with Crippen LogP contribution in [0, 0.1) is 6.92 Å². The molecular formula is C21H25N5O5. The highest BCUT2D eigenvalue weighted by atomic mass is 16.5. The molecule has 0 aliphatic heterocycles. The van der Waals surface area contributed by atoms with Crippen LogP contribution < -0.4 is 20.1 Å². The number of rotatable bonds is 7. The minimum absolute atomic E-state index is 0.0571. The van der Waals surface area contributed by atoms with Gasteiger partial charge in [-0.1, -0.05) is 6.07 Å². The largest absolute Gasteiger partial charge is 0.493 e. The topological polar surface area (TPSA) is 117 Å². The van der Waals surface area contributed by atoms with Crippen molar-refractivity contribution in [2.75, 3.05) is 26.6 Å². The van der Waals surface area contributed by atoms with Crippen LogP contribution in [0.15, 0.2) is 30.5 Å². The molecule has 2 N–H and O–H groups in total. The van der Waals surface area contributed by atoms with Crippen LogP contribution in [0.1, 0.15) is 23.7 Å². The summed E-state index contributed by atoms with van der Waals surface area (Å²) in [6.45, 7) is 1.87. The Morgan fingerprint density at radius 1 is 1.13 bits per heavy atom. The molecule has 31 heavy (non-hydrogen) atoms. The summed E-state index contributed by atoms with van der Waals surface area (Å²) in [7, 11) is 6.15. The van der Waals surface area contributed by atoms with E-state index in [2.05, 4.69) is 20.7 Å². The smallest absolute Gasteiger partial charge is 0.319 e. The van der Waals surface area contributed by atoms with Gasteiger partial charge in [0.25, 0.3) is 0 Å². The highest BCUT2D eigenvalue weighted by Crippen LogP contribution is 2.31. The van der Waals surface area contributed by atoms with Crippen LogP contribution in [-0.4, -0.2) is 48.1 Å². The number of esters is 1. The van der Waals surface area contributed by atoms with Crippen molar-refractivity contribution in [3.05, 3.63) is 41.7 Å². The van der Waals surface area contributed by atoms with Crippen LogP contribution >= 0.6 is 0 Å². The predicted octanol–water partition coefficient (Wildman–Crippen LogP) is 2.72. The van der Waals surface area contributed by atoms with E-state index in [-0.39, 0.29) is 6.42 Å². The van der Waals surface area contributed by atoms with Crippen molar-refractivity contribution >= 4 is 28.7 Å². The van der Waals surface area contributed by atoms with E-state index in [1.807, 2.05) is 14.0 Å². The number of pyridine rings is 1. The third-order valence-corrected chi connectivity index (χ3v) is 4.83. The molecule has 0 fully saturated rings. The SMILES string of the molecule is COC(=O)C[C@@H](NC(=O)Nc1cnc2c(c1)c(C)nn2C)c1ccc(OC)c(OC)c1. The van der Waals surface area contributed by atoms with Gasteiger partial charge in [0.1, 0.15) is 0 Å². The third-order valence-electron chi connectivity index (χ3n) is 4.83. The number of benzene rings is 1. The van der Waals surface area contributed by atoms with Crippen molar-refractivity contribution in [1.29, 1.82) is 0 Å². The number of fused-ring (bicyclic) bond motifs is 1. The average molecular weight is 427 g/mol. The Morgan fingerprint density at radius 2 is 1.87 bits per heavy atom. The minimum Gasteiger partial charge on any atom is -0.493 e. The molecule has 0 aliphatic carbocycles. The maximum absolute atomic E-state index is 12.7. The molecule has 0 unspecified atom stereocenters. The molecule has 2 heterocycles. The number of carbonyl (C=O) groups excluding carboxylic acids is 2. The van der Waals surface area contributed by atoms with Gasteiger partial charge in [0.2, 0.25) is 0 Å². The number of aryl methyl sites for hydroxylation is 2. The van der Waals surface area contributed by atoms with Crippen molar-refractivity contribution in [2.24, 2.45) is 7.05 Å². The summed E-state index contributed by atoms with van der Waals surface area (Å²) in [5.74, 6) is 0.562. The number of hydrogen-bond donors (Lipinski definition) is 2. The fraction of sp³-hybridized carbons (Fsp3) is 0.333. The molecule has 2 aromatic heterocycles. The molecule has 10 nitrogen and oxygen atoms in total. The number of hydrogen-bond acceptors (Lipinski definition) is 7. The lowest BCUT2D eigenvalue weighted by Gasteiger charge is -2.20. The molecule has 0 saturated carbocycles. The lowest BCUT2D eigenvalue weighted by atomic mass is 10.0. The number of nitrogens with zero attached hydrogens (tertiary/aromatic N) is 3. The lowest BCUT2D eigenvalue weighted by Crippen LogP contribution is -2.34. The molecule has 3 aromatic rings. The molecule has 0 radical (unpaired) electrons. The number of aromatic nitrogens is 3. The second-order valence-corrected chi connectivity index (χ2v) is 6.85. The Kier molecular flexibility index (Phi) is 6.58. The molecule has 1 aromatic carbocycles. The number of methoxy groups -OCH3 is 3. The van der Waals surface area contributed by atoms with Crippen LogP contribution in [0.25, 0.3) is 11.0 Å². The van der Waals surface area contributed by atoms with Crippen LogP contribution in [0.4, 0.5) is 10.5 Å². The Balaban J connectivity index is 1.81. The molecule has 10 heteroatoms. The van der Waals surface area contributed by atoms with Gasteiger partial charge < -0.3 is 24.8 Å². The van der Waals surface area contributed by atoms with Crippen LogP contribution in [0.2, 0.25) is 0 Å². The first-order valence-electron chi connectivity index (χ1n) is 9.51. The summed E-state index contributed by atoms with van der Waals surface area (Å²) in [5, 5.41) is 10.7. The summed E-state index contributed by atoms with van der Waals surface area (Å²) >= 11 is 0. The zero-order valence-electron chi connectivity index (χ0n) is 18.1. The van der Waals surface area contributed by atoms with E-state index in [0.717, 1.165) is 16.7 Å². The number of amides is 2. The van der Waals surface area contributed by atoms with Crippen molar-refractivity contribution in [3.63, 3.8) is 0 Å². The van der Waals surface area contributed by atoms with Crippen molar-refractivity contribution in [2.45, 2.75) is 19.4 Å². The Hall–Kier alpha value is -3.82. The molecule has 0 saturated heterocycles. The van der Waals surface area contributed by atoms with Crippen molar-refractivity contribution in [3.8, 4) is 11.5 Å². The van der Waals surface area contributed by atoms with E-state index in [1.54, 1.807) is 35.1 Å². The Labute approximate surface area is 179 Å². The maximum Gasteiger partial charge on any atom is 0.319 e. The monoisotopic (exact) mass is 427 g/mol. The normalized spacial score (nSPS) is 11.6. The second-order valence-electron chi connectivity index (χ2n) is 6.85. The van der Waals surface area contributed by atoms with E-state index in [4.69, 9.17) is 14.2 Å². The van der Waals surface area contributed by atoms with Crippen molar-refractivity contribution in [1.82, 2.24) is 20.1 Å². The van der Waals surface area contributed by atoms with Crippen LogP contribution in [-0.2, 0) is 16.6 Å². The summed E-state index contributed by atoms with van der Waals surface area (Å²) in [6, 6.07) is 5.83. The molecule has 1 atom stereocenters. The summed E-state index contributed by atoms with van der Waals surface area (Å²) in [6.07, 6.45) is 1.49. The molecular weight excluding hydrogens is 402 g/mol. The Bertz CT molecular complexity index is 1110. The molecule has 0 bridgehead atoms. The van der Waals surface area contributed by atoms with Gasteiger partial charge in [-0.15, -0.1) is 0 Å². The highest BCUT2D eigenvalue weighted by Gasteiger charge is 2.21.